The molecule has 0 bridgehead atoms. The molecule has 0 aliphatic carbocycles. The van der Waals surface area contributed by atoms with Crippen LogP contribution in [0.15, 0.2) is 6.20 Å². The van der Waals surface area contributed by atoms with E-state index >= 15 is 0 Å². The second kappa shape index (κ2) is 6.30. The number of anilines is 1. The van der Waals surface area contributed by atoms with E-state index in [0.29, 0.717) is 12.1 Å². The van der Waals surface area contributed by atoms with Crippen LogP contribution in [0, 0.1) is 13.8 Å². The van der Waals surface area contributed by atoms with Crippen LogP contribution >= 0.6 is 0 Å². The molecule has 19 heavy (non-hydrogen) atoms. The Kier molecular flexibility index (Phi) is 4.71. The third-order valence-electron chi connectivity index (χ3n) is 3.63. The van der Waals surface area contributed by atoms with Crippen molar-refractivity contribution in [3.63, 3.8) is 0 Å². The number of nitrogens with one attached hydrogen (secondary N) is 1. The molecule has 0 spiro atoms. The number of aryl methyl sites for hydroxylation is 2. The molecule has 106 valence electrons. The number of nitrogens with zero attached hydrogens (tertiary/aromatic N) is 3. The molecule has 5 nitrogen and oxygen atoms in total. The molecule has 1 fully saturated rings. The molecule has 2 rings (SSSR count). The number of hydrogen-bond donors (Lipinski definition) is 1. The van der Waals surface area contributed by atoms with Gasteiger partial charge in [-0.3, -0.25) is 9.88 Å². The van der Waals surface area contributed by atoms with Crippen LogP contribution in [0.2, 0.25) is 0 Å². The molecule has 1 aliphatic heterocycles. The lowest BCUT2D eigenvalue weighted by Gasteiger charge is -2.38. The van der Waals surface area contributed by atoms with Crippen molar-refractivity contribution in [1.82, 2.24) is 14.9 Å². The molecule has 0 radical (unpaired) electrons. The van der Waals surface area contributed by atoms with Gasteiger partial charge in [0, 0.05) is 31.4 Å². The van der Waals surface area contributed by atoms with Crippen LogP contribution in [0.3, 0.4) is 0 Å². The molecule has 2 heterocycles. The predicted octanol–water partition coefficient (Wildman–Crippen LogP) is 1.61. The zero-order valence-corrected chi connectivity index (χ0v) is 12.3. The smallest absolute Gasteiger partial charge is 0.147 e. The first kappa shape index (κ1) is 14.2. The van der Waals surface area contributed by atoms with Gasteiger partial charge in [-0.25, -0.2) is 4.98 Å². The van der Waals surface area contributed by atoms with E-state index in [0.717, 1.165) is 43.5 Å². The minimum atomic E-state index is 0.459. The van der Waals surface area contributed by atoms with Gasteiger partial charge in [-0.1, -0.05) is 0 Å². The van der Waals surface area contributed by atoms with E-state index in [1.807, 2.05) is 13.8 Å². The Labute approximate surface area is 115 Å². The van der Waals surface area contributed by atoms with Crippen molar-refractivity contribution in [2.45, 2.75) is 39.8 Å². The van der Waals surface area contributed by atoms with Crippen molar-refractivity contribution in [3.8, 4) is 0 Å². The molecule has 0 amide bonds. The highest BCUT2D eigenvalue weighted by atomic mass is 16.5. The average molecular weight is 264 g/mol. The Balaban J connectivity index is 1.92. The monoisotopic (exact) mass is 264 g/mol. The van der Waals surface area contributed by atoms with E-state index in [4.69, 9.17) is 4.74 Å². The highest BCUT2D eigenvalue weighted by molar-refractivity contribution is 5.39. The maximum atomic E-state index is 5.48. The number of aromatic nitrogens is 2. The molecule has 2 unspecified atom stereocenters. The third kappa shape index (κ3) is 3.64. The number of rotatable bonds is 4. The lowest BCUT2D eigenvalue weighted by Crippen LogP contribution is -2.50. The van der Waals surface area contributed by atoms with Crippen LogP contribution < -0.4 is 5.32 Å². The Morgan fingerprint density at radius 3 is 3.05 bits per heavy atom. The summed E-state index contributed by atoms with van der Waals surface area (Å²) in [6.07, 6.45) is 1.80. The van der Waals surface area contributed by atoms with Crippen molar-refractivity contribution in [3.05, 3.63) is 17.6 Å². The van der Waals surface area contributed by atoms with Gasteiger partial charge in [0.15, 0.2) is 0 Å². The van der Waals surface area contributed by atoms with Crippen LogP contribution in [0.25, 0.3) is 0 Å². The number of morpholine rings is 1. The Morgan fingerprint density at radius 2 is 2.32 bits per heavy atom. The summed E-state index contributed by atoms with van der Waals surface area (Å²) < 4.78 is 5.48. The summed E-state index contributed by atoms with van der Waals surface area (Å²) in [6.45, 7) is 11.9. The van der Waals surface area contributed by atoms with E-state index < -0.39 is 0 Å². The summed E-state index contributed by atoms with van der Waals surface area (Å²) in [5.74, 6) is 0.896. The van der Waals surface area contributed by atoms with E-state index in [1.54, 1.807) is 6.20 Å². The van der Waals surface area contributed by atoms with Gasteiger partial charge in [0.05, 0.1) is 24.6 Å². The zero-order valence-electron chi connectivity index (χ0n) is 12.3. The predicted molar refractivity (Wildman–Crippen MR) is 76.4 cm³/mol. The normalized spacial score (nSPS) is 22.2. The van der Waals surface area contributed by atoms with Crippen LogP contribution in [-0.2, 0) is 4.74 Å². The van der Waals surface area contributed by atoms with Crippen molar-refractivity contribution >= 4 is 5.82 Å². The molecule has 2 atom stereocenters. The molecular weight excluding hydrogens is 240 g/mol. The van der Waals surface area contributed by atoms with Gasteiger partial charge in [-0.05, 0) is 27.7 Å². The van der Waals surface area contributed by atoms with Gasteiger partial charge in [-0.2, -0.15) is 0 Å². The third-order valence-corrected chi connectivity index (χ3v) is 3.63. The molecule has 1 saturated heterocycles. The fraction of sp³-hybridized carbons (Fsp3) is 0.714. The molecule has 1 aromatic heterocycles. The topological polar surface area (TPSA) is 50.3 Å². The first-order valence-electron chi connectivity index (χ1n) is 6.95. The Morgan fingerprint density at radius 1 is 1.53 bits per heavy atom. The molecule has 5 heteroatoms. The summed E-state index contributed by atoms with van der Waals surface area (Å²) in [6, 6.07) is 0.941. The minimum absolute atomic E-state index is 0.459. The maximum absolute atomic E-state index is 5.48. The average Bonchev–Trinajstić information content (AvgIpc) is 2.40. The quantitative estimate of drug-likeness (QED) is 0.895. The van der Waals surface area contributed by atoms with Gasteiger partial charge in [0.1, 0.15) is 5.82 Å². The number of hydrogen-bond acceptors (Lipinski definition) is 5. The fourth-order valence-corrected chi connectivity index (χ4v) is 2.46. The SMILES string of the molecule is Cc1cnc(C)c(NCC(C)N2CCOCC2C)n1. The maximum Gasteiger partial charge on any atom is 0.147 e. The van der Waals surface area contributed by atoms with E-state index in [1.165, 1.54) is 0 Å². The highest BCUT2D eigenvalue weighted by Gasteiger charge is 2.23. The van der Waals surface area contributed by atoms with Crippen molar-refractivity contribution in [1.29, 1.82) is 0 Å². The molecule has 1 aromatic rings. The van der Waals surface area contributed by atoms with Gasteiger partial charge < -0.3 is 10.1 Å². The van der Waals surface area contributed by atoms with Crippen LogP contribution in [0.5, 0.6) is 0 Å². The van der Waals surface area contributed by atoms with Gasteiger partial charge in [0.25, 0.3) is 0 Å². The summed E-state index contributed by atoms with van der Waals surface area (Å²) >= 11 is 0. The van der Waals surface area contributed by atoms with E-state index in [9.17, 15) is 0 Å². The van der Waals surface area contributed by atoms with Gasteiger partial charge >= 0.3 is 0 Å². The molecular formula is C14H24N4O. The first-order chi connectivity index (χ1) is 9.08. The molecule has 1 aliphatic rings. The second-order valence-corrected chi connectivity index (χ2v) is 5.34. The lowest BCUT2D eigenvalue weighted by molar-refractivity contribution is -0.0159. The number of ether oxygens (including phenoxy) is 1. The molecule has 0 aromatic carbocycles. The van der Waals surface area contributed by atoms with E-state index in [2.05, 4.69) is 34.0 Å². The van der Waals surface area contributed by atoms with Crippen molar-refractivity contribution in [2.75, 3.05) is 31.6 Å². The summed E-state index contributed by atoms with van der Waals surface area (Å²) in [4.78, 5) is 11.3. The van der Waals surface area contributed by atoms with Crippen LogP contribution in [0.1, 0.15) is 25.2 Å². The van der Waals surface area contributed by atoms with Crippen LogP contribution in [-0.4, -0.2) is 53.3 Å². The first-order valence-corrected chi connectivity index (χ1v) is 6.95. The minimum Gasteiger partial charge on any atom is -0.379 e. The Hall–Kier alpha value is -1.20. The summed E-state index contributed by atoms with van der Waals surface area (Å²) in [7, 11) is 0. The lowest BCUT2D eigenvalue weighted by atomic mass is 10.2. The van der Waals surface area contributed by atoms with E-state index in [-0.39, 0.29) is 0 Å². The Bertz CT molecular complexity index is 424. The molecule has 0 saturated carbocycles. The second-order valence-electron chi connectivity index (χ2n) is 5.34. The summed E-state index contributed by atoms with van der Waals surface area (Å²) in [5.41, 5.74) is 1.90. The van der Waals surface area contributed by atoms with Crippen LogP contribution in [0.4, 0.5) is 5.82 Å². The van der Waals surface area contributed by atoms with Crippen molar-refractivity contribution in [2.24, 2.45) is 0 Å². The van der Waals surface area contributed by atoms with Gasteiger partial charge in [-0.15, -0.1) is 0 Å². The fourth-order valence-electron chi connectivity index (χ4n) is 2.46. The largest absolute Gasteiger partial charge is 0.379 e. The zero-order chi connectivity index (χ0) is 13.8. The van der Waals surface area contributed by atoms with Crippen molar-refractivity contribution < 1.29 is 4.74 Å². The molecule has 1 N–H and O–H groups in total. The summed E-state index contributed by atoms with van der Waals surface area (Å²) in [5, 5.41) is 3.42. The standard InChI is InChI=1S/C14H24N4O/c1-10-7-15-13(4)14(17-10)16-8-11(2)18-5-6-19-9-12(18)3/h7,11-12H,5-6,8-9H2,1-4H3,(H,16,17). The highest BCUT2D eigenvalue weighted by Crippen LogP contribution is 2.13. The van der Waals surface area contributed by atoms with Gasteiger partial charge in [0.2, 0.25) is 0 Å².